The van der Waals surface area contributed by atoms with Gasteiger partial charge in [0, 0.05) is 31.7 Å². The number of hydrogen-bond acceptors (Lipinski definition) is 5. The molecule has 0 aliphatic carbocycles. The summed E-state index contributed by atoms with van der Waals surface area (Å²) in [5.41, 5.74) is 2.71. The predicted octanol–water partition coefficient (Wildman–Crippen LogP) is 2.02. The summed E-state index contributed by atoms with van der Waals surface area (Å²) in [6.45, 7) is 3.97. The number of fused-ring (bicyclic) bond motifs is 1. The number of benzene rings is 1. The molecule has 3 aromatic rings. The second-order valence-corrected chi connectivity index (χ2v) is 6.23. The summed E-state index contributed by atoms with van der Waals surface area (Å²) in [6, 6.07) is 5.43. The van der Waals surface area contributed by atoms with Crippen molar-refractivity contribution in [3.63, 3.8) is 0 Å². The van der Waals surface area contributed by atoms with Crippen LogP contribution in [-0.2, 0) is 6.42 Å². The molecule has 8 heteroatoms. The SMILES string of the molecule is CCc1ncnc(N2CCN(C(=O)c3ccc4nc[nH]c4c3)CC2)c1F. The van der Waals surface area contributed by atoms with E-state index in [2.05, 4.69) is 19.9 Å². The molecule has 0 saturated carbocycles. The Morgan fingerprint density at radius 2 is 2.00 bits per heavy atom. The van der Waals surface area contributed by atoms with Gasteiger partial charge >= 0.3 is 0 Å². The van der Waals surface area contributed by atoms with Crippen LogP contribution in [0.25, 0.3) is 11.0 Å². The van der Waals surface area contributed by atoms with E-state index < -0.39 is 0 Å². The fourth-order valence-corrected chi connectivity index (χ4v) is 3.24. The van der Waals surface area contributed by atoms with Gasteiger partial charge in [0.25, 0.3) is 5.91 Å². The molecular weight excluding hydrogens is 335 g/mol. The maximum Gasteiger partial charge on any atom is 0.254 e. The number of aromatic amines is 1. The third-order valence-corrected chi connectivity index (χ3v) is 4.71. The molecule has 4 rings (SSSR count). The van der Waals surface area contributed by atoms with E-state index in [0.717, 1.165) is 11.0 Å². The number of hydrogen-bond donors (Lipinski definition) is 1. The number of nitrogens with one attached hydrogen (secondary N) is 1. The molecule has 1 amide bonds. The quantitative estimate of drug-likeness (QED) is 0.779. The minimum atomic E-state index is -0.362. The molecule has 1 aliphatic rings. The Labute approximate surface area is 149 Å². The molecule has 26 heavy (non-hydrogen) atoms. The molecule has 1 N–H and O–H groups in total. The molecule has 1 aliphatic heterocycles. The first-order valence-corrected chi connectivity index (χ1v) is 8.64. The number of nitrogens with zero attached hydrogens (tertiary/aromatic N) is 5. The smallest absolute Gasteiger partial charge is 0.254 e. The van der Waals surface area contributed by atoms with Crippen LogP contribution in [0.2, 0.25) is 0 Å². The summed E-state index contributed by atoms with van der Waals surface area (Å²) >= 11 is 0. The first-order chi connectivity index (χ1) is 12.7. The lowest BCUT2D eigenvalue weighted by Crippen LogP contribution is -2.49. The maximum absolute atomic E-state index is 14.4. The van der Waals surface area contributed by atoms with Gasteiger partial charge in [-0.2, -0.15) is 0 Å². The summed E-state index contributed by atoms with van der Waals surface area (Å²) in [6.07, 6.45) is 3.53. The third-order valence-electron chi connectivity index (χ3n) is 4.71. The highest BCUT2D eigenvalue weighted by molar-refractivity contribution is 5.97. The van der Waals surface area contributed by atoms with Gasteiger partial charge in [0.1, 0.15) is 6.33 Å². The number of piperazine rings is 1. The number of H-pyrrole nitrogens is 1. The van der Waals surface area contributed by atoms with Crippen molar-refractivity contribution in [3.05, 3.63) is 47.9 Å². The average Bonchev–Trinajstić information content (AvgIpc) is 3.15. The van der Waals surface area contributed by atoms with Crippen molar-refractivity contribution in [1.29, 1.82) is 0 Å². The summed E-state index contributed by atoms with van der Waals surface area (Å²) in [5.74, 6) is -0.0686. The molecule has 1 saturated heterocycles. The van der Waals surface area contributed by atoms with Gasteiger partial charge in [-0.3, -0.25) is 4.79 Å². The fraction of sp³-hybridized carbons (Fsp3) is 0.333. The molecule has 0 unspecified atom stereocenters. The molecule has 0 bridgehead atoms. The summed E-state index contributed by atoms with van der Waals surface area (Å²) in [7, 11) is 0. The Bertz CT molecular complexity index is 948. The van der Waals surface area contributed by atoms with Gasteiger partial charge in [-0.15, -0.1) is 0 Å². The highest BCUT2D eigenvalue weighted by atomic mass is 19.1. The van der Waals surface area contributed by atoms with Crippen molar-refractivity contribution in [2.75, 3.05) is 31.1 Å². The lowest BCUT2D eigenvalue weighted by atomic mass is 10.1. The topological polar surface area (TPSA) is 78.0 Å². The van der Waals surface area contributed by atoms with Gasteiger partial charge in [-0.25, -0.2) is 19.3 Å². The van der Waals surface area contributed by atoms with Gasteiger partial charge in [0.2, 0.25) is 0 Å². The second kappa shape index (κ2) is 6.70. The molecule has 1 fully saturated rings. The number of anilines is 1. The van der Waals surface area contributed by atoms with Gasteiger partial charge in [0.05, 0.1) is 23.1 Å². The number of aromatic nitrogens is 4. The second-order valence-electron chi connectivity index (χ2n) is 6.23. The summed E-state index contributed by atoms with van der Waals surface area (Å²) in [5, 5.41) is 0. The van der Waals surface area contributed by atoms with E-state index in [1.807, 2.05) is 24.0 Å². The number of imidazole rings is 1. The molecular formula is C18H19FN6O. The highest BCUT2D eigenvalue weighted by Gasteiger charge is 2.25. The Balaban J connectivity index is 1.47. The van der Waals surface area contributed by atoms with Crippen molar-refractivity contribution < 1.29 is 9.18 Å². The average molecular weight is 354 g/mol. The summed E-state index contributed by atoms with van der Waals surface area (Å²) < 4.78 is 14.4. The molecule has 1 aromatic carbocycles. The number of halogens is 1. The van der Waals surface area contributed by atoms with Gasteiger partial charge in [-0.05, 0) is 24.6 Å². The normalized spacial score (nSPS) is 14.8. The lowest BCUT2D eigenvalue weighted by molar-refractivity contribution is 0.0746. The number of rotatable bonds is 3. The highest BCUT2D eigenvalue weighted by Crippen LogP contribution is 2.21. The zero-order valence-electron chi connectivity index (χ0n) is 14.4. The van der Waals surface area contributed by atoms with E-state index >= 15 is 0 Å². The number of carbonyl (C=O) groups excluding carboxylic acids is 1. The third kappa shape index (κ3) is 2.87. The number of carbonyl (C=O) groups is 1. The predicted molar refractivity (Wildman–Crippen MR) is 95.6 cm³/mol. The van der Waals surface area contributed by atoms with Crippen LogP contribution in [0.1, 0.15) is 23.0 Å². The molecule has 7 nitrogen and oxygen atoms in total. The number of amides is 1. The van der Waals surface area contributed by atoms with E-state index in [-0.39, 0.29) is 11.7 Å². The van der Waals surface area contributed by atoms with Crippen LogP contribution in [0.3, 0.4) is 0 Å². The van der Waals surface area contributed by atoms with Gasteiger partial charge < -0.3 is 14.8 Å². The minimum absolute atomic E-state index is 0.0291. The Morgan fingerprint density at radius 3 is 2.77 bits per heavy atom. The Kier molecular flexibility index (Phi) is 4.24. The zero-order chi connectivity index (χ0) is 18.1. The molecule has 2 aromatic heterocycles. The van der Waals surface area contributed by atoms with E-state index in [4.69, 9.17) is 0 Å². The molecule has 134 valence electrons. The Morgan fingerprint density at radius 1 is 1.19 bits per heavy atom. The van der Waals surface area contributed by atoms with E-state index in [9.17, 15) is 9.18 Å². The van der Waals surface area contributed by atoms with Crippen LogP contribution in [0.4, 0.5) is 10.2 Å². The Hall–Kier alpha value is -3.03. The standard InChI is InChI=1S/C18H19FN6O/c1-2-13-16(19)17(23-11-20-13)24-5-7-25(8-6-24)18(26)12-3-4-14-15(9-12)22-10-21-14/h3-4,9-11H,2,5-8H2,1H3,(H,21,22). The lowest BCUT2D eigenvalue weighted by Gasteiger charge is -2.35. The largest absolute Gasteiger partial charge is 0.351 e. The molecule has 0 radical (unpaired) electrons. The zero-order valence-corrected chi connectivity index (χ0v) is 14.4. The van der Waals surface area contributed by atoms with Crippen LogP contribution in [-0.4, -0.2) is 56.9 Å². The first kappa shape index (κ1) is 16.4. The van der Waals surface area contributed by atoms with E-state index in [1.165, 1.54) is 6.33 Å². The monoisotopic (exact) mass is 354 g/mol. The number of aryl methyl sites for hydroxylation is 1. The van der Waals surface area contributed by atoms with Crippen LogP contribution < -0.4 is 4.90 Å². The molecule has 0 atom stereocenters. The van der Waals surface area contributed by atoms with Crippen molar-refractivity contribution in [2.45, 2.75) is 13.3 Å². The van der Waals surface area contributed by atoms with E-state index in [1.54, 1.807) is 17.3 Å². The van der Waals surface area contributed by atoms with Crippen LogP contribution in [0.15, 0.2) is 30.9 Å². The minimum Gasteiger partial charge on any atom is -0.351 e. The van der Waals surface area contributed by atoms with Crippen molar-refractivity contribution in [1.82, 2.24) is 24.8 Å². The summed E-state index contributed by atoms with van der Waals surface area (Å²) in [4.78, 5) is 31.7. The van der Waals surface area contributed by atoms with Crippen molar-refractivity contribution in [2.24, 2.45) is 0 Å². The van der Waals surface area contributed by atoms with Crippen molar-refractivity contribution in [3.8, 4) is 0 Å². The van der Waals surface area contributed by atoms with Gasteiger partial charge in [0.15, 0.2) is 11.6 Å². The molecule has 0 spiro atoms. The van der Waals surface area contributed by atoms with E-state index in [0.29, 0.717) is 49.7 Å². The first-order valence-electron chi connectivity index (χ1n) is 8.64. The van der Waals surface area contributed by atoms with Gasteiger partial charge in [-0.1, -0.05) is 6.92 Å². The molecule has 3 heterocycles. The van der Waals surface area contributed by atoms with Crippen LogP contribution in [0.5, 0.6) is 0 Å². The maximum atomic E-state index is 14.4. The fourth-order valence-electron chi connectivity index (χ4n) is 3.24. The van der Waals surface area contributed by atoms with Crippen LogP contribution in [0, 0.1) is 5.82 Å². The van der Waals surface area contributed by atoms with Crippen molar-refractivity contribution >= 4 is 22.8 Å². The van der Waals surface area contributed by atoms with Crippen LogP contribution >= 0.6 is 0 Å².